The molecule has 3 aromatic rings. The molecule has 27 heavy (non-hydrogen) atoms. The second-order valence-electron chi connectivity index (χ2n) is 5.33. The van der Waals surface area contributed by atoms with E-state index in [1.54, 1.807) is 24.3 Å². The van der Waals surface area contributed by atoms with E-state index in [9.17, 15) is 8.42 Å². The Morgan fingerprint density at radius 3 is 2.56 bits per heavy atom. The van der Waals surface area contributed by atoms with Crippen LogP contribution in [-0.2, 0) is 16.6 Å². The first kappa shape index (κ1) is 19.2. The molecule has 142 valence electrons. The number of nitrogens with one attached hydrogen (secondary N) is 1. The van der Waals surface area contributed by atoms with Crippen molar-refractivity contribution in [1.29, 1.82) is 0 Å². The Bertz CT molecular complexity index is 1050. The van der Waals surface area contributed by atoms with E-state index in [-0.39, 0.29) is 23.2 Å². The smallest absolute Gasteiger partial charge is 0.242 e. The van der Waals surface area contributed by atoms with Crippen LogP contribution >= 0.6 is 11.6 Å². The highest BCUT2D eigenvalue weighted by atomic mass is 35.5. The van der Waals surface area contributed by atoms with Crippen molar-refractivity contribution < 1.29 is 22.4 Å². The van der Waals surface area contributed by atoms with Gasteiger partial charge in [-0.1, -0.05) is 28.9 Å². The van der Waals surface area contributed by atoms with E-state index in [1.165, 1.54) is 32.4 Å². The van der Waals surface area contributed by atoms with Crippen LogP contribution in [0.2, 0.25) is 5.02 Å². The van der Waals surface area contributed by atoms with Crippen molar-refractivity contribution in [2.45, 2.75) is 11.4 Å². The third-order valence-electron chi connectivity index (χ3n) is 3.66. The Labute approximate surface area is 161 Å². The van der Waals surface area contributed by atoms with Gasteiger partial charge in [0.05, 0.1) is 30.7 Å². The minimum absolute atomic E-state index is 0.0194. The second kappa shape index (κ2) is 7.95. The maximum atomic E-state index is 12.5. The third kappa shape index (κ3) is 4.21. The Kier molecular flexibility index (Phi) is 5.64. The molecular weight excluding hydrogens is 394 g/mol. The Balaban J connectivity index is 1.76. The van der Waals surface area contributed by atoms with Crippen LogP contribution in [0.25, 0.3) is 11.4 Å². The summed E-state index contributed by atoms with van der Waals surface area (Å²) in [5.74, 6) is 1.12. The molecule has 0 fully saturated rings. The van der Waals surface area contributed by atoms with Gasteiger partial charge in [0, 0.05) is 11.6 Å². The van der Waals surface area contributed by atoms with Crippen molar-refractivity contribution in [3.05, 3.63) is 53.4 Å². The summed E-state index contributed by atoms with van der Waals surface area (Å²) in [6, 6.07) is 11.3. The van der Waals surface area contributed by atoms with Gasteiger partial charge >= 0.3 is 0 Å². The fourth-order valence-corrected chi connectivity index (χ4v) is 3.51. The van der Waals surface area contributed by atoms with E-state index >= 15 is 0 Å². The van der Waals surface area contributed by atoms with Gasteiger partial charge < -0.3 is 14.0 Å². The highest BCUT2D eigenvalue weighted by molar-refractivity contribution is 7.89. The van der Waals surface area contributed by atoms with Crippen LogP contribution in [0.3, 0.4) is 0 Å². The quantitative estimate of drug-likeness (QED) is 0.639. The molecule has 10 heteroatoms. The van der Waals surface area contributed by atoms with Gasteiger partial charge in [0.25, 0.3) is 0 Å². The summed E-state index contributed by atoms with van der Waals surface area (Å²) < 4.78 is 42.7. The van der Waals surface area contributed by atoms with Gasteiger partial charge in [-0.05, 0) is 24.3 Å². The summed E-state index contributed by atoms with van der Waals surface area (Å²) >= 11 is 6.10. The number of ether oxygens (including phenoxy) is 2. The molecule has 1 aromatic heterocycles. The summed E-state index contributed by atoms with van der Waals surface area (Å²) in [6.07, 6.45) is 0. The Morgan fingerprint density at radius 1 is 1.11 bits per heavy atom. The van der Waals surface area contributed by atoms with Crippen LogP contribution < -0.4 is 14.2 Å². The van der Waals surface area contributed by atoms with Crippen LogP contribution in [0, 0.1) is 0 Å². The zero-order valence-corrected chi connectivity index (χ0v) is 16.0. The Morgan fingerprint density at radius 2 is 1.85 bits per heavy atom. The van der Waals surface area contributed by atoms with E-state index in [1.807, 2.05) is 0 Å². The molecule has 8 nitrogen and oxygen atoms in total. The molecule has 0 aliphatic carbocycles. The first-order valence-corrected chi connectivity index (χ1v) is 9.60. The minimum atomic E-state index is -3.82. The number of hydrogen-bond acceptors (Lipinski definition) is 7. The molecule has 0 saturated carbocycles. The van der Waals surface area contributed by atoms with Crippen molar-refractivity contribution in [2.75, 3.05) is 14.2 Å². The molecule has 0 unspecified atom stereocenters. The van der Waals surface area contributed by atoms with Gasteiger partial charge in [0.15, 0.2) is 11.5 Å². The number of methoxy groups -OCH3 is 2. The predicted octanol–water partition coefficient (Wildman–Crippen LogP) is 2.89. The van der Waals surface area contributed by atoms with Gasteiger partial charge in [0.2, 0.25) is 21.7 Å². The van der Waals surface area contributed by atoms with Crippen LogP contribution in [0.5, 0.6) is 11.5 Å². The lowest BCUT2D eigenvalue weighted by atomic mass is 10.2. The van der Waals surface area contributed by atoms with E-state index < -0.39 is 10.0 Å². The standard InChI is InChI=1S/C17H16ClN3O5S/c1-24-14-8-7-11(9-15(14)25-2)27(22,23)19-10-16-20-17(21-26-16)12-5-3-4-6-13(12)18/h3-9,19H,10H2,1-2H3. The zero-order chi connectivity index (χ0) is 19.4. The SMILES string of the molecule is COc1ccc(S(=O)(=O)NCc2nc(-c3ccccc3Cl)no2)cc1OC. The van der Waals surface area contributed by atoms with Crippen molar-refractivity contribution in [1.82, 2.24) is 14.9 Å². The average Bonchev–Trinajstić information content (AvgIpc) is 3.15. The number of hydrogen-bond donors (Lipinski definition) is 1. The maximum Gasteiger partial charge on any atom is 0.242 e. The molecule has 0 aliphatic heterocycles. The lowest BCUT2D eigenvalue weighted by Crippen LogP contribution is -2.23. The minimum Gasteiger partial charge on any atom is -0.493 e. The van der Waals surface area contributed by atoms with E-state index in [0.717, 1.165) is 0 Å². The first-order valence-electron chi connectivity index (χ1n) is 7.74. The van der Waals surface area contributed by atoms with Crippen molar-refractivity contribution in [3.63, 3.8) is 0 Å². The van der Waals surface area contributed by atoms with Crippen LogP contribution in [0.4, 0.5) is 0 Å². The largest absolute Gasteiger partial charge is 0.493 e. The summed E-state index contributed by atoms with van der Waals surface area (Å²) in [4.78, 5) is 4.18. The van der Waals surface area contributed by atoms with Gasteiger partial charge in [-0.15, -0.1) is 0 Å². The monoisotopic (exact) mass is 409 g/mol. The molecule has 0 saturated heterocycles. The number of aromatic nitrogens is 2. The van der Waals surface area contributed by atoms with Gasteiger partial charge in [-0.2, -0.15) is 4.98 Å². The fourth-order valence-electron chi connectivity index (χ4n) is 2.30. The summed E-state index contributed by atoms with van der Waals surface area (Å²) in [7, 11) is -0.923. The number of halogens is 1. The molecule has 0 bridgehead atoms. The van der Waals surface area contributed by atoms with Crippen LogP contribution in [-0.4, -0.2) is 32.8 Å². The lowest BCUT2D eigenvalue weighted by molar-refractivity contribution is 0.353. The van der Waals surface area contributed by atoms with Gasteiger partial charge in [-0.25, -0.2) is 13.1 Å². The molecule has 1 heterocycles. The molecule has 0 atom stereocenters. The number of sulfonamides is 1. The molecular formula is C17H16ClN3O5S. The summed E-state index contributed by atoms with van der Waals surface area (Å²) in [5.41, 5.74) is 0.594. The highest BCUT2D eigenvalue weighted by Crippen LogP contribution is 2.29. The second-order valence-corrected chi connectivity index (χ2v) is 7.51. The van der Waals surface area contributed by atoms with Crippen molar-refractivity contribution in [3.8, 4) is 22.9 Å². The summed E-state index contributed by atoms with van der Waals surface area (Å²) in [5, 5.41) is 4.30. The predicted molar refractivity (Wildman–Crippen MR) is 98.3 cm³/mol. The summed E-state index contributed by atoms with van der Waals surface area (Å²) in [6.45, 7) is -0.172. The first-order chi connectivity index (χ1) is 12.9. The number of nitrogens with zero attached hydrogens (tertiary/aromatic N) is 2. The number of rotatable bonds is 7. The van der Waals surface area contributed by atoms with Gasteiger partial charge in [-0.3, -0.25) is 0 Å². The molecule has 0 spiro atoms. The molecule has 1 N–H and O–H groups in total. The fraction of sp³-hybridized carbons (Fsp3) is 0.176. The van der Waals surface area contributed by atoms with Crippen molar-refractivity contribution in [2.24, 2.45) is 0 Å². The number of benzene rings is 2. The van der Waals surface area contributed by atoms with E-state index in [2.05, 4.69) is 14.9 Å². The third-order valence-corrected chi connectivity index (χ3v) is 5.39. The molecule has 0 radical (unpaired) electrons. The normalized spacial score (nSPS) is 11.4. The van der Waals surface area contributed by atoms with Crippen LogP contribution in [0.15, 0.2) is 51.9 Å². The average molecular weight is 410 g/mol. The molecule has 3 rings (SSSR count). The molecule has 0 amide bonds. The Hall–Kier alpha value is -2.62. The van der Waals surface area contributed by atoms with Gasteiger partial charge in [0.1, 0.15) is 0 Å². The molecule has 0 aliphatic rings. The van der Waals surface area contributed by atoms with Crippen molar-refractivity contribution >= 4 is 21.6 Å². The zero-order valence-electron chi connectivity index (χ0n) is 14.5. The highest BCUT2D eigenvalue weighted by Gasteiger charge is 2.19. The molecule has 2 aromatic carbocycles. The van der Waals surface area contributed by atoms with E-state index in [0.29, 0.717) is 22.1 Å². The van der Waals surface area contributed by atoms with E-state index in [4.69, 9.17) is 25.6 Å². The topological polar surface area (TPSA) is 104 Å². The van der Waals surface area contributed by atoms with Crippen LogP contribution in [0.1, 0.15) is 5.89 Å². The lowest BCUT2D eigenvalue weighted by Gasteiger charge is -2.10. The maximum absolute atomic E-state index is 12.5.